The Hall–Kier alpha value is -2.90. The van der Waals surface area contributed by atoms with Gasteiger partial charge in [0, 0.05) is 19.5 Å². The van der Waals surface area contributed by atoms with Crippen LogP contribution in [0.25, 0.3) is 0 Å². The second-order valence-electron chi connectivity index (χ2n) is 6.99. The third-order valence-corrected chi connectivity index (χ3v) is 4.62. The predicted molar refractivity (Wildman–Crippen MR) is 100 cm³/mol. The Balaban J connectivity index is 2.15. The van der Waals surface area contributed by atoms with Crippen LogP contribution in [-0.2, 0) is 20.8 Å². The van der Waals surface area contributed by atoms with Gasteiger partial charge >= 0.3 is 0 Å². The summed E-state index contributed by atoms with van der Waals surface area (Å²) in [5.74, 6) is -1.62. The molecule has 2 atom stereocenters. The molecular weight excluding hydrogens is 348 g/mol. The lowest BCUT2D eigenvalue weighted by Crippen LogP contribution is -2.50. The number of rotatable bonds is 5. The Morgan fingerprint density at radius 1 is 1.26 bits per heavy atom. The van der Waals surface area contributed by atoms with Gasteiger partial charge in [0.25, 0.3) is 5.91 Å². The molecule has 8 heteroatoms. The van der Waals surface area contributed by atoms with Crippen molar-refractivity contribution in [2.45, 2.75) is 39.3 Å². The van der Waals surface area contributed by atoms with Gasteiger partial charge in [-0.3, -0.25) is 14.4 Å². The third-order valence-electron chi connectivity index (χ3n) is 4.62. The van der Waals surface area contributed by atoms with E-state index < -0.39 is 23.9 Å². The lowest BCUT2D eigenvalue weighted by atomic mass is 9.99. The largest absolute Gasteiger partial charge is 0.410 e. The van der Waals surface area contributed by atoms with E-state index in [4.69, 9.17) is 5.21 Å². The van der Waals surface area contributed by atoms with Gasteiger partial charge in [0.2, 0.25) is 11.8 Å². The molecule has 0 saturated heterocycles. The van der Waals surface area contributed by atoms with E-state index in [0.29, 0.717) is 13.0 Å². The number of fused-ring (bicyclic) bond motifs is 1. The fourth-order valence-corrected chi connectivity index (χ4v) is 2.96. The summed E-state index contributed by atoms with van der Waals surface area (Å²) in [6.07, 6.45) is 0.710. The molecule has 0 saturated carbocycles. The number of carbonyl (C=O) groups excluding carboxylic acids is 3. The zero-order chi connectivity index (χ0) is 20.1. The quantitative estimate of drug-likeness (QED) is 0.403. The molecule has 3 amide bonds. The molecule has 146 valence electrons. The molecule has 0 fully saturated rings. The number of nitrogens with zero attached hydrogens (tertiary/aromatic N) is 2. The Morgan fingerprint density at radius 3 is 2.56 bits per heavy atom. The Labute approximate surface area is 158 Å². The van der Waals surface area contributed by atoms with Gasteiger partial charge < -0.3 is 20.7 Å². The molecule has 3 N–H and O–H groups in total. The van der Waals surface area contributed by atoms with Gasteiger partial charge in [-0.05, 0) is 24.5 Å². The van der Waals surface area contributed by atoms with E-state index in [1.54, 1.807) is 25.8 Å². The molecule has 8 nitrogen and oxygen atoms in total. The summed E-state index contributed by atoms with van der Waals surface area (Å²) >= 11 is 0. The molecule has 0 spiro atoms. The summed E-state index contributed by atoms with van der Waals surface area (Å²) in [4.78, 5) is 39.0. The summed E-state index contributed by atoms with van der Waals surface area (Å²) in [5, 5.41) is 17.2. The minimum atomic E-state index is -0.901. The zero-order valence-corrected chi connectivity index (χ0v) is 16.0. The van der Waals surface area contributed by atoms with Crippen molar-refractivity contribution >= 4 is 23.4 Å². The van der Waals surface area contributed by atoms with Crippen molar-refractivity contribution < 1.29 is 19.6 Å². The minimum Gasteiger partial charge on any atom is -0.410 e. The highest BCUT2D eigenvalue weighted by Crippen LogP contribution is 2.24. The SMILES string of the molecule is CC(C)C(=NO)C(=O)NC(C)C(=O)N[C@@H]1C(=O)N(C)CCc2ccccc21. The standard InChI is InChI=1S/C19H26N4O4/c1-11(2)15(22-27)18(25)20-12(3)17(24)21-16-14-8-6-5-7-13(14)9-10-23(4)19(16)26/h5-8,11-12,16,27H,9-10H2,1-4H3,(H,20,25)(H,21,24)/t12?,16-/m0/s1. The van der Waals surface area contributed by atoms with Crippen molar-refractivity contribution in [1.29, 1.82) is 0 Å². The van der Waals surface area contributed by atoms with Crippen LogP contribution in [-0.4, -0.2) is 53.2 Å². The van der Waals surface area contributed by atoms with Crippen molar-refractivity contribution in [2.75, 3.05) is 13.6 Å². The minimum absolute atomic E-state index is 0.0646. The first-order valence-corrected chi connectivity index (χ1v) is 8.92. The molecule has 2 rings (SSSR count). The normalized spacial score (nSPS) is 18.6. The number of carbonyl (C=O) groups is 3. The second-order valence-corrected chi connectivity index (χ2v) is 6.99. The average Bonchev–Trinajstić information content (AvgIpc) is 2.74. The van der Waals surface area contributed by atoms with Crippen LogP contribution in [0.2, 0.25) is 0 Å². The van der Waals surface area contributed by atoms with E-state index in [2.05, 4.69) is 15.8 Å². The van der Waals surface area contributed by atoms with Crippen LogP contribution in [0.3, 0.4) is 0 Å². The highest BCUT2D eigenvalue weighted by atomic mass is 16.4. The zero-order valence-electron chi connectivity index (χ0n) is 16.0. The molecule has 0 radical (unpaired) electrons. The van der Waals surface area contributed by atoms with Crippen LogP contribution < -0.4 is 10.6 Å². The van der Waals surface area contributed by atoms with E-state index in [1.165, 1.54) is 6.92 Å². The summed E-state index contributed by atoms with van der Waals surface area (Å²) in [6.45, 7) is 5.49. The van der Waals surface area contributed by atoms with Crippen LogP contribution in [0.4, 0.5) is 0 Å². The number of benzene rings is 1. The van der Waals surface area contributed by atoms with E-state index in [-0.39, 0.29) is 17.5 Å². The van der Waals surface area contributed by atoms with Crippen molar-refractivity contribution in [2.24, 2.45) is 11.1 Å². The van der Waals surface area contributed by atoms with Gasteiger partial charge in [0.05, 0.1) is 0 Å². The molecule has 0 aliphatic carbocycles. The number of nitrogens with one attached hydrogen (secondary N) is 2. The maximum atomic E-state index is 12.7. The maximum Gasteiger partial charge on any atom is 0.269 e. The summed E-state index contributed by atoms with van der Waals surface area (Å²) < 4.78 is 0. The van der Waals surface area contributed by atoms with E-state index >= 15 is 0 Å². The van der Waals surface area contributed by atoms with Crippen LogP contribution in [0.15, 0.2) is 29.4 Å². The molecule has 1 heterocycles. The van der Waals surface area contributed by atoms with Crippen molar-refractivity contribution in [3.63, 3.8) is 0 Å². The number of amides is 3. The first-order valence-electron chi connectivity index (χ1n) is 8.92. The van der Waals surface area contributed by atoms with Crippen LogP contribution in [0.5, 0.6) is 0 Å². The molecule has 1 aromatic carbocycles. The average molecular weight is 374 g/mol. The van der Waals surface area contributed by atoms with Gasteiger partial charge in [0.1, 0.15) is 17.8 Å². The molecule has 1 aliphatic rings. The van der Waals surface area contributed by atoms with Gasteiger partial charge in [-0.15, -0.1) is 0 Å². The topological polar surface area (TPSA) is 111 Å². The van der Waals surface area contributed by atoms with Gasteiger partial charge in [0.15, 0.2) is 0 Å². The summed E-state index contributed by atoms with van der Waals surface area (Å²) in [6, 6.07) is 5.79. The molecule has 1 aliphatic heterocycles. The van der Waals surface area contributed by atoms with E-state index in [0.717, 1.165) is 11.1 Å². The lowest BCUT2D eigenvalue weighted by Gasteiger charge is -2.24. The molecule has 1 unspecified atom stereocenters. The Bertz CT molecular complexity index is 760. The summed E-state index contributed by atoms with van der Waals surface area (Å²) in [7, 11) is 1.70. The molecular formula is C19H26N4O4. The number of hydrogen-bond acceptors (Lipinski definition) is 5. The highest BCUT2D eigenvalue weighted by Gasteiger charge is 2.32. The third kappa shape index (κ3) is 4.64. The molecule has 27 heavy (non-hydrogen) atoms. The molecule has 1 aromatic rings. The predicted octanol–water partition coefficient (Wildman–Crippen LogP) is 0.849. The monoisotopic (exact) mass is 374 g/mol. The van der Waals surface area contributed by atoms with Crippen molar-refractivity contribution in [1.82, 2.24) is 15.5 Å². The summed E-state index contributed by atoms with van der Waals surface area (Å²) in [5.41, 5.74) is 1.70. The fourth-order valence-electron chi connectivity index (χ4n) is 2.96. The molecule has 0 aromatic heterocycles. The second kappa shape index (κ2) is 8.66. The van der Waals surface area contributed by atoms with Crippen LogP contribution >= 0.6 is 0 Å². The Morgan fingerprint density at radius 2 is 1.93 bits per heavy atom. The maximum absolute atomic E-state index is 12.7. The van der Waals surface area contributed by atoms with Crippen LogP contribution in [0, 0.1) is 5.92 Å². The highest BCUT2D eigenvalue weighted by molar-refractivity contribution is 6.39. The van der Waals surface area contributed by atoms with E-state index in [9.17, 15) is 14.4 Å². The number of hydrogen-bond donors (Lipinski definition) is 3. The first kappa shape index (κ1) is 20.4. The van der Waals surface area contributed by atoms with Crippen molar-refractivity contribution in [3.05, 3.63) is 35.4 Å². The van der Waals surface area contributed by atoms with E-state index in [1.807, 2.05) is 24.3 Å². The first-order chi connectivity index (χ1) is 12.8. The Kier molecular flexibility index (Phi) is 6.55. The molecule has 0 bridgehead atoms. The number of likely N-dealkylation sites (N-methyl/N-ethyl adjacent to an activating group) is 1. The lowest BCUT2D eigenvalue weighted by molar-refractivity contribution is -0.136. The fraction of sp³-hybridized carbons (Fsp3) is 0.474. The number of oxime groups is 1. The van der Waals surface area contributed by atoms with Gasteiger partial charge in [-0.25, -0.2) is 0 Å². The van der Waals surface area contributed by atoms with Gasteiger partial charge in [-0.2, -0.15) is 0 Å². The van der Waals surface area contributed by atoms with Crippen molar-refractivity contribution in [3.8, 4) is 0 Å². The smallest absolute Gasteiger partial charge is 0.269 e. The van der Waals surface area contributed by atoms with Gasteiger partial charge in [-0.1, -0.05) is 43.3 Å². The van der Waals surface area contributed by atoms with Crippen LogP contribution in [0.1, 0.15) is 37.9 Å².